The fourth-order valence-electron chi connectivity index (χ4n) is 1.87. The molecular formula is C14H19N3O. The van der Waals surface area contributed by atoms with E-state index in [4.69, 9.17) is 4.42 Å². The maximum atomic E-state index is 4.97. The summed E-state index contributed by atoms with van der Waals surface area (Å²) in [6.45, 7) is 7.91. The minimum atomic E-state index is 0.367. The maximum absolute atomic E-state index is 4.97. The molecule has 0 spiro atoms. The number of aromatic nitrogens is 1. The van der Waals surface area contributed by atoms with Gasteiger partial charge in [-0.15, -0.1) is 0 Å². The van der Waals surface area contributed by atoms with Crippen LogP contribution in [0.2, 0.25) is 0 Å². The van der Waals surface area contributed by atoms with Gasteiger partial charge in [-0.1, -0.05) is 6.07 Å². The van der Waals surface area contributed by atoms with Crippen LogP contribution in [0.25, 0.3) is 0 Å². The van der Waals surface area contributed by atoms with E-state index in [-0.39, 0.29) is 0 Å². The summed E-state index contributed by atoms with van der Waals surface area (Å²) < 4.78 is 4.97. The zero-order valence-electron chi connectivity index (χ0n) is 11.2. The molecule has 0 saturated heterocycles. The molecule has 2 heterocycles. The lowest BCUT2D eigenvalue weighted by Gasteiger charge is -2.01. The van der Waals surface area contributed by atoms with Crippen LogP contribution >= 0.6 is 0 Å². The van der Waals surface area contributed by atoms with E-state index in [0.29, 0.717) is 6.17 Å². The van der Waals surface area contributed by atoms with Gasteiger partial charge in [0.05, 0.1) is 23.7 Å². The highest BCUT2D eigenvalue weighted by atomic mass is 16.3. The normalized spacial score (nSPS) is 16.1. The van der Waals surface area contributed by atoms with Gasteiger partial charge in [-0.05, 0) is 38.5 Å². The predicted molar refractivity (Wildman–Crippen MR) is 73.9 cm³/mol. The number of nitrogens with one attached hydrogen (secondary N) is 2. The van der Waals surface area contributed by atoms with E-state index in [1.165, 1.54) is 16.9 Å². The van der Waals surface area contributed by atoms with Crippen molar-refractivity contribution in [3.05, 3.63) is 41.6 Å². The van der Waals surface area contributed by atoms with Crippen LogP contribution in [0.15, 0.2) is 28.8 Å². The monoisotopic (exact) mass is 245 g/mol. The first-order valence-electron chi connectivity index (χ1n) is 6.07. The molecule has 2 aromatic rings. The van der Waals surface area contributed by atoms with Gasteiger partial charge in [0, 0.05) is 6.92 Å². The highest BCUT2D eigenvalue weighted by Gasteiger charge is 2.13. The van der Waals surface area contributed by atoms with E-state index in [1.807, 2.05) is 13.8 Å². The third kappa shape index (κ3) is 3.03. The second-order valence-electron chi connectivity index (χ2n) is 4.55. The Bertz CT molecular complexity index is 517. The molecule has 1 aromatic carbocycles. The molecule has 0 radical (unpaired) electrons. The zero-order chi connectivity index (χ0) is 13.1. The molecule has 0 bridgehead atoms. The number of fused-ring (bicyclic) bond motifs is 1. The maximum Gasteiger partial charge on any atom is 0.191 e. The Morgan fingerprint density at radius 2 is 1.83 bits per heavy atom. The molecule has 1 aliphatic heterocycles. The quantitative estimate of drug-likeness (QED) is 0.746. The van der Waals surface area contributed by atoms with Crippen LogP contribution in [0.1, 0.15) is 24.1 Å². The summed E-state index contributed by atoms with van der Waals surface area (Å²) in [4.78, 5) is 3.85. The Kier molecular flexibility index (Phi) is 3.55. The van der Waals surface area contributed by atoms with Gasteiger partial charge in [-0.3, -0.25) is 0 Å². The first-order valence-corrected chi connectivity index (χ1v) is 6.07. The van der Waals surface area contributed by atoms with Gasteiger partial charge >= 0.3 is 0 Å². The van der Waals surface area contributed by atoms with Crippen molar-refractivity contribution in [3.8, 4) is 0 Å². The lowest BCUT2D eigenvalue weighted by molar-refractivity contribution is 0.494. The van der Waals surface area contributed by atoms with Crippen molar-refractivity contribution in [1.82, 2.24) is 4.98 Å². The second kappa shape index (κ2) is 5.12. The van der Waals surface area contributed by atoms with Crippen molar-refractivity contribution < 1.29 is 4.42 Å². The summed E-state index contributed by atoms with van der Waals surface area (Å²) in [5.74, 6) is 1.61. The number of benzene rings is 1. The number of oxazole rings is 1. The number of aryl methyl sites for hydroxylation is 3. The standard InChI is InChI=1S/C9H12N2.C5H7NO/c1-6-3-4-8-9(5-6)11-7(2)10-8;1-4-3-6-5(2)7-4/h3-5,7,10-11H,1-2H3;3H,1-2H3. The van der Waals surface area contributed by atoms with Gasteiger partial charge in [0.15, 0.2) is 5.89 Å². The molecule has 0 amide bonds. The molecule has 1 aromatic heterocycles. The number of rotatable bonds is 0. The molecule has 3 rings (SSSR count). The smallest absolute Gasteiger partial charge is 0.191 e. The van der Waals surface area contributed by atoms with Gasteiger partial charge in [0.2, 0.25) is 0 Å². The fraction of sp³-hybridized carbons (Fsp3) is 0.357. The molecule has 1 atom stereocenters. The summed E-state index contributed by atoms with van der Waals surface area (Å²) in [7, 11) is 0. The van der Waals surface area contributed by atoms with Crippen LogP contribution in [0.5, 0.6) is 0 Å². The molecular weight excluding hydrogens is 226 g/mol. The van der Waals surface area contributed by atoms with Gasteiger partial charge < -0.3 is 15.1 Å². The summed E-state index contributed by atoms with van der Waals surface area (Å²) >= 11 is 0. The highest BCUT2D eigenvalue weighted by molar-refractivity contribution is 5.74. The lowest BCUT2D eigenvalue weighted by Crippen LogP contribution is -2.16. The van der Waals surface area contributed by atoms with E-state index in [1.54, 1.807) is 6.20 Å². The number of nitrogens with zero attached hydrogens (tertiary/aromatic N) is 1. The van der Waals surface area contributed by atoms with Crippen molar-refractivity contribution in [2.75, 3.05) is 10.6 Å². The third-order valence-corrected chi connectivity index (χ3v) is 2.66. The van der Waals surface area contributed by atoms with Crippen LogP contribution < -0.4 is 10.6 Å². The summed E-state index contributed by atoms with van der Waals surface area (Å²) in [6, 6.07) is 6.39. The minimum absolute atomic E-state index is 0.367. The third-order valence-electron chi connectivity index (χ3n) is 2.66. The average molecular weight is 245 g/mol. The van der Waals surface area contributed by atoms with Crippen LogP contribution in [0, 0.1) is 20.8 Å². The van der Waals surface area contributed by atoms with E-state index in [9.17, 15) is 0 Å². The fourth-order valence-corrected chi connectivity index (χ4v) is 1.87. The lowest BCUT2D eigenvalue weighted by atomic mass is 10.2. The van der Waals surface area contributed by atoms with E-state index in [0.717, 1.165) is 11.7 Å². The van der Waals surface area contributed by atoms with Gasteiger partial charge in [0.25, 0.3) is 0 Å². The largest absolute Gasteiger partial charge is 0.446 e. The molecule has 1 aliphatic rings. The Morgan fingerprint density at radius 3 is 2.39 bits per heavy atom. The number of hydrogen-bond acceptors (Lipinski definition) is 4. The molecule has 18 heavy (non-hydrogen) atoms. The van der Waals surface area contributed by atoms with Gasteiger partial charge in [-0.2, -0.15) is 0 Å². The topological polar surface area (TPSA) is 50.1 Å². The van der Waals surface area contributed by atoms with Crippen molar-refractivity contribution in [3.63, 3.8) is 0 Å². The molecule has 0 aliphatic carbocycles. The van der Waals surface area contributed by atoms with Gasteiger partial charge in [0.1, 0.15) is 5.76 Å². The SMILES string of the molecule is Cc1ccc2c(c1)NC(C)N2.Cc1cnc(C)o1. The molecule has 1 unspecified atom stereocenters. The first-order chi connectivity index (χ1) is 8.54. The van der Waals surface area contributed by atoms with Crippen molar-refractivity contribution >= 4 is 11.4 Å². The van der Waals surface area contributed by atoms with Crippen LogP contribution in [-0.4, -0.2) is 11.1 Å². The van der Waals surface area contributed by atoms with Crippen molar-refractivity contribution in [1.29, 1.82) is 0 Å². The minimum Gasteiger partial charge on any atom is -0.446 e. The van der Waals surface area contributed by atoms with Crippen LogP contribution in [0.4, 0.5) is 11.4 Å². The van der Waals surface area contributed by atoms with Crippen molar-refractivity contribution in [2.24, 2.45) is 0 Å². The first kappa shape index (κ1) is 12.5. The Labute approximate surface area is 107 Å². The second-order valence-corrected chi connectivity index (χ2v) is 4.55. The summed E-state index contributed by atoms with van der Waals surface area (Å²) in [5.41, 5.74) is 3.73. The molecule has 2 N–H and O–H groups in total. The van der Waals surface area contributed by atoms with E-state index in [2.05, 4.69) is 47.7 Å². The molecule has 4 heteroatoms. The van der Waals surface area contributed by atoms with Crippen LogP contribution in [0.3, 0.4) is 0 Å². The zero-order valence-corrected chi connectivity index (χ0v) is 11.2. The number of hydrogen-bond donors (Lipinski definition) is 2. The highest BCUT2D eigenvalue weighted by Crippen LogP contribution is 2.28. The number of anilines is 2. The molecule has 0 fully saturated rings. The van der Waals surface area contributed by atoms with Crippen LogP contribution in [-0.2, 0) is 0 Å². The van der Waals surface area contributed by atoms with E-state index >= 15 is 0 Å². The molecule has 4 nitrogen and oxygen atoms in total. The van der Waals surface area contributed by atoms with Crippen molar-refractivity contribution in [2.45, 2.75) is 33.9 Å². The predicted octanol–water partition coefficient (Wildman–Crippen LogP) is 3.47. The molecule has 96 valence electrons. The summed E-state index contributed by atoms with van der Waals surface area (Å²) in [6.07, 6.45) is 2.07. The average Bonchev–Trinajstić information content (AvgIpc) is 2.83. The molecule has 0 saturated carbocycles. The Hall–Kier alpha value is -1.97. The van der Waals surface area contributed by atoms with Gasteiger partial charge in [-0.25, -0.2) is 4.98 Å². The Balaban J connectivity index is 0.000000149. The summed E-state index contributed by atoms with van der Waals surface area (Å²) in [5, 5.41) is 6.64. The Morgan fingerprint density at radius 1 is 1.11 bits per heavy atom. The van der Waals surface area contributed by atoms with E-state index < -0.39 is 0 Å².